The Bertz CT molecular complexity index is 2180. The molecule has 0 aliphatic carbocycles. The first kappa shape index (κ1) is 27.1. The Morgan fingerprint density at radius 3 is 1.82 bits per heavy atom. The van der Waals surface area contributed by atoms with Gasteiger partial charge in [-0.3, -0.25) is 0 Å². The minimum Gasteiger partial charge on any atom is -0.399 e. The standard InChI is InChI=1S/C37H30BN3O2S/c1-36(2)37(3,4)43-38(42-36)27-18-14-25(15-19-27)34-39-33(24-11-6-5-7-12-24)40-35(41-34)26-17-20-30-29(22-26)32-28-13-9-8-10-23(28)16-21-31(32)44-30/h5-22H,1-4H3. The Morgan fingerprint density at radius 1 is 0.545 bits per heavy atom. The molecule has 0 N–H and O–H groups in total. The molecule has 3 heterocycles. The normalized spacial score (nSPS) is 15.9. The third-order valence-corrected chi connectivity index (χ3v) is 10.1. The van der Waals surface area contributed by atoms with Gasteiger partial charge >= 0.3 is 7.12 Å². The van der Waals surface area contributed by atoms with Crippen LogP contribution in [-0.4, -0.2) is 33.3 Å². The summed E-state index contributed by atoms with van der Waals surface area (Å²) in [6.45, 7) is 8.27. The van der Waals surface area contributed by atoms with Crippen LogP contribution < -0.4 is 5.46 Å². The van der Waals surface area contributed by atoms with E-state index in [0.717, 1.165) is 22.2 Å². The fourth-order valence-corrected chi connectivity index (χ4v) is 6.91. The number of thiophene rings is 1. The third-order valence-electron chi connectivity index (χ3n) is 8.98. The predicted octanol–water partition coefficient (Wildman–Crippen LogP) is 8.69. The highest BCUT2D eigenvalue weighted by Crippen LogP contribution is 2.40. The Labute approximate surface area is 260 Å². The van der Waals surface area contributed by atoms with Crippen molar-refractivity contribution in [2.24, 2.45) is 0 Å². The van der Waals surface area contributed by atoms with E-state index in [9.17, 15) is 0 Å². The molecule has 1 fully saturated rings. The molecule has 7 heteroatoms. The second-order valence-corrected chi connectivity index (χ2v) is 13.4. The molecule has 1 aliphatic heterocycles. The number of rotatable bonds is 4. The largest absolute Gasteiger partial charge is 0.494 e. The second kappa shape index (κ2) is 10.1. The topological polar surface area (TPSA) is 57.1 Å². The predicted molar refractivity (Wildman–Crippen MR) is 182 cm³/mol. The molecule has 7 aromatic rings. The maximum atomic E-state index is 6.27. The van der Waals surface area contributed by atoms with Crippen molar-refractivity contribution in [3.05, 3.63) is 109 Å². The van der Waals surface area contributed by atoms with Crippen LogP contribution in [0, 0.1) is 0 Å². The third kappa shape index (κ3) is 4.51. The van der Waals surface area contributed by atoms with Gasteiger partial charge < -0.3 is 9.31 Å². The van der Waals surface area contributed by atoms with Crippen LogP contribution >= 0.6 is 11.3 Å². The Kier molecular flexibility index (Phi) is 6.21. The smallest absolute Gasteiger partial charge is 0.399 e. The number of fused-ring (bicyclic) bond motifs is 5. The van der Waals surface area contributed by atoms with Crippen LogP contribution in [0.1, 0.15) is 27.7 Å². The second-order valence-electron chi connectivity index (χ2n) is 12.4. The summed E-state index contributed by atoms with van der Waals surface area (Å²) < 4.78 is 15.1. The number of nitrogens with zero attached hydrogens (tertiary/aromatic N) is 3. The fraction of sp³-hybridized carbons (Fsp3) is 0.162. The SMILES string of the molecule is CC1(C)OB(c2ccc(-c3nc(-c4ccccc4)nc(-c4ccc5sc6ccc7ccccc7c6c5c4)n3)cc2)OC1(C)C. The van der Waals surface area contributed by atoms with E-state index in [-0.39, 0.29) is 0 Å². The van der Waals surface area contributed by atoms with E-state index in [0.29, 0.717) is 17.5 Å². The molecule has 1 aliphatic rings. The van der Waals surface area contributed by atoms with Gasteiger partial charge in [0.15, 0.2) is 17.5 Å². The van der Waals surface area contributed by atoms with Crippen molar-refractivity contribution >= 4 is 54.9 Å². The van der Waals surface area contributed by atoms with Gasteiger partial charge in [-0.15, -0.1) is 11.3 Å². The zero-order valence-corrected chi connectivity index (χ0v) is 25.9. The lowest BCUT2D eigenvalue weighted by molar-refractivity contribution is 0.00578. The highest BCUT2D eigenvalue weighted by molar-refractivity contribution is 7.26. The Morgan fingerprint density at radius 2 is 1.11 bits per heavy atom. The van der Waals surface area contributed by atoms with E-state index >= 15 is 0 Å². The molecule has 1 saturated heterocycles. The van der Waals surface area contributed by atoms with Crippen molar-refractivity contribution in [2.45, 2.75) is 38.9 Å². The zero-order chi connectivity index (χ0) is 30.1. The van der Waals surface area contributed by atoms with Crippen LogP contribution in [0.2, 0.25) is 0 Å². The van der Waals surface area contributed by atoms with E-state index in [2.05, 4.69) is 82.3 Å². The summed E-state index contributed by atoms with van der Waals surface area (Å²) in [7, 11) is -0.425. The fourth-order valence-electron chi connectivity index (χ4n) is 5.81. The van der Waals surface area contributed by atoms with Crippen LogP contribution in [0.5, 0.6) is 0 Å². The summed E-state index contributed by atoms with van der Waals surface area (Å²) in [6.07, 6.45) is 0. The number of aromatic nitrogens is 3. The van der Waals surface area contributed by atoms with E-state index < -0.39 is 18.3 Å². The lowest BCUT2D eigenvalue weighted by Crippen LogP contribution is -2.41. The Balaban J connectivity index is 1.24. The summed E-state index contributed by atoms with van der Waals surface area (Å²) >= 11 is 1.82. The lowest BCUT2D eigenvalue weighted by Gasteiger charge is -2.32. The molecule has 44 heavy (non-hydrogen) atoms. The van der Waals surface area contributed by atoms with Gasteiger partial charge in [-0.05, 0) is 68.2 Å². The lowest BCUT2D eigenvalue weighted by atomic mass is 9.79. The molecule has 0 atom stereocenters. The number of hydrogen-bond acceptors (Lipinski definition) is 6. The number of benzene rings is 5. The molecule has 0 amide bonds. The molecule has 5 nitrogen and oxygen atoms in total. The van der Waals surface area contributed by atoms with Crippen LogP contribution in [0.3, 0.4) is 0 Å². The van der Waals surface area contributed by atoms with Crippen molar-refractivity contribution in [2.75, 3.05) is 0 Å². The van der Waals surface area contributed by atoms with Gasteiger partial charge in [0.05, 0.1) is 11.2 Å². The van der Waals surface area contributed by atoms with Gasteiger partial charge in [-0.2, -0.15) is 0 Å². The van der Waals surface area contributed by atoms with Crippen molar-refractivity contribution in [3.8, 4) is 34.2 Å². The van der Waals surface area contributed by atoms with Gasteiger partial charge in [0, 0.05) is 36.9 Å². The summed E-state index contributed by atoms with van der Waals surface area (Å²) in [6, 6.07) is 37.8. The van der Waals surface area contributed by atoms with E-state index in [4.69, 9.17) is 24.3 Å². The average Bonchev–Trinajstić information content (AvgIpc) is 3.53. The minimum atomic E-state index is -0.425. The van der Waals surface area contributed by atoms with Gasteiger partial charge in [-0.1, -0.05) is 84.9 Å². The van der Waals surface area contributed by atoms with Crippen LogP contribution in [0.15, 0.2) is 109 Å². The molecular formula is C37H30BN3O2S. The average molecular weight is 592 g/mol. The molecule has 2 aromatic heterocycles. The highest BCUT2D eigenvalue weighted by Gasteiger charge is 2.51. The van der Waals surface area contributed by atoms with Crippen LogP contribution in [0.4, 0.5) is 0 Å². The quantitative estimate of drug-likeness (QED) is 0.192. The molecule has 214 valence electrons. The first-order valence-electron chi connectivity index (χ1n) is 14.9. The molecule has 0 radical (unpaired) electrons. The zero-order valence-electron chi connectivity index (χ0n) is 25.0. The summed E-state index contributed by atoms with van der Waals surface area (Å²) in [5.41, 5.74) is 2.97. The molecule has 0 saturated carbocycles. The van der Waals surface area contributed by atoms with E-state index in [1.807, 2.05) is 65.9 Å². The summed E-state index contributed by atoms with van der Waals surface area (Å²) in [5.74, 6) is 1.90. The van der Waals surface area contributed by atoms with Crippen molar-refractivity contribution < 1.29 is 9.31 Å². The van der Waals surface area contributed by atoms with Gasteiger partial charge in [0.25, 0.3) is 0 Å². The molecule has 5 aromatic carbocycles. The van der Waals surface area contributed by atoms with Gasteiger partial charge in [0.1, 0.15) is 0 Å². The molecule has 8 rings (SSSR count). The van der Waals surface area contributed by atoms with E-state index in [1.165, 1.54) is 30.9 Å². The first-order chi connectivity index (χ1) is 21.3. The number of hydrogen-bond donors (Lipinski definition) is 0. The monoisotopic (exact) mass is 591 g/mol. The summed E-state index contributed by atoms with van der Waals surface area (Å²) in [4.78, 5) is 14.9. The maximum Gasteiger partial charge on any atom is 0.494 e. The molecule has 0 unspecified atom stereocenters. The van der Waals surface area contributed by atoms with E-state index in [1.54, 1.807) is 0 Å². The first-order valence-corrected chi connectivity index (χ1v) is 15.7. The van der Waals surface area contributed by atoms with Gasteiger partial charge in [-0.25, -0.2) is 15.0 Å². The Hall–Kier alpha value is -4.43. The van der Waals surface area contributed by atoms with Crippen molar-refractivity contribution in [1.29, 1.82) is 0 Å². The summed E-state index contributed by atoms with van der Waals surface area (Å²) in [5, 5.41) is 5.00. The van der Waals surface area contributed by atoms with Crippen LogP contribution in [-0.2, 0) is 9.31 Å². The van der Waals surface area contributed by atoms with Crippen molar-refractivity contribution in [3.63, 3.8) is 0 Å². The van der Waals surface area contributed by atoms with Crippen LogP contribution in [0.25, 0.3) is 65.1 Å². The molecular weight excluding hydrogens is 561 g/mol. The molecule has 0 bridgehead atoms. The van der Waals surface area contributed by atoms with Crippen molar-refractivity contribution in [1.82, 2.24) is 15.0 Å². The minimum absolute atomic E-state index is 0.398. The maximum absolute atomic E-state index is 6.27. The highest BCUT2D eigenvalue weighted by atomic mass is 32.1. The molecule has 0 spiro atoms. The van der Waals surface area contributed by atoms with Gasteiger partial charge in [0.2, 0.25) is 0 Å².